The van der Waals surface area contributed by atoms with Crippen molar-refractivity contribution in [3.8, 4) is 23.0 Å². The Morgan fingerprint density at radius 2 is 1.70 bits per heavy atom. The molecule has 0 aliphatic rings. The number of anilines is 1. The molecule has 0 fully saturated rings. The van der Waals surface area contributed by atoms with E-state index >= 15 is 0 Å². The fourth-order valence-electron chi connectivity index (χ4n) is 4.01. The summed E-state index contributed by atoms with van der Waals surface area (Å²) in [5.74, 6) is 1.03. The van der Waals surface area contributed by atoms with Gasteiger partial charge in [0, 0.05) is 11.3 Å². The highest BCUT2D eigenvalue weighted by Crippen LogP contribution is 2.36. The summed E-state index contributed by atoms with van der Waals surface area (Å²) in [5.41, 5.74) is 6.26. The van der Waals surface area contributed by atoms with Gasteiger partial charge in [0.1, 0.15) is 6.61 Å². The van der Waals surface area contributed by atoms with Crippen molar-refractivity contribution in [2.45, 2.75) is 20.5 Å². The number of carbonyl (C=O) groups is 2. The lowest BCUT2D eigenvalue weighted by Gasteiger charge is -2.14. The molecule has 9 nitrogen and oxygen atoms in total. The molecule has 10 heteroatoms. The molecule has 222 valence electrons. The fourth-order valence-corrected chi connectivity index (χ4v) is 4.59. The maximum atomic E-state index is 12.8. The van der Waals surface area contributed by atoms with Crippen molar-refractivity contribution in [3.63, 3.8) is 0 Å². The van der Waals surface area contributed by atoms with E-state index in [0.29, 0.717) is 57.5 Å². The van der Waals surface area contributed by atoms with Gasteiger partial charge in [0.05, 0.1) is 24.4 Å². The monoisotopic (exact) mass is 645 g/mol. The van der Waals surface area contributed by atoms with Crippen LogP contribution in [-0.2, 0) is 11.4 Å². The number of hydrazone groups is 1. The lowest BCUT2D eigenvalue weighted by Crippen LogP contribution is -2.20. The van der Waals surface area contributed by atoms with Crippen molar-refractivity contribution in [2.75, 3.05) is 25.6 Å². The van der Waals surface area contributed by atoms with Crippen molar-refractivity contribution < 1.29 is 28.5 Å². The Morgan fingerprint density at radius 3 is 2.44 bits per heavy atom. The number of nitrogens with one attached hydrogen (secondary N) is 2. The molecule has 4 aromatic carbocycles. The van der Waals surface area contributed by atoms with E-state index in [1.807, 2.05) is 68.4 Å². The van der Waals surface area contributed by atoms with Crippen LogP contribution in [0.2, 0.25) is 0 Å². The second kappa shape index (κ2) is 15.4. The van der Waals surface area contributed by atoms with Gasteiger partial charge in [0.15, 0.2) is 29.6 Å². The van der Waals surface area contributed by atoms with E-state index in [9.17, 15) is 9.59 Å². The van der Waals surface area contributed by atoms with E-state index in [-0.39, 0.29) is 12.5 Å². The molecule has 0 saturated heterocycles. The number of carbonyl (C=O) groups excluding carboxylic acids is 2. The Kier molecular flexibility index (Phi) is 11.2. The molecule has 0 aliphatic carbocycles. The molecule has 0 radical (unpaired) electrons. The summed E-state index contributed by atoms with van der Waals surface area (Å²) in [6.07, 6.45) is 1.47. The number of methoxy groups -OCH3 is 1. The van der Waals surface area contributed by atoms with Gasteiger partial charge in [0.25, 0.3) is 11.8 Å². The van der Waals surface area contributed by atoms with Gasteiger partial charge in [-0.1, -0.05) is 42.5 Å². The number of nitrogens with zero attached hydrogens (tertiary/aromatic N) is 1. The Hall–Kier alpha value is -4.83. The molecule has 0 bridgehead atoms. The first-order chi connectivity index (χ1) is 20.9. The van der Waals surface area contributed by atoms with Crippen molar-refractivity contribution in [2.24, 2.45) is 5.10 Å². The van der Waals surface area contributed by atoms with Crippen LogP contribution in [0.4, 0.5) is 5.69 Å². The van der Waals surface area contributed by atoms with Crippen LogP contribution in [0.5, 0.6) is 23.0 Å². The maximum Gasteiger partial charge on any atom is 0.271 e. The van der Waals surface area contributed by atoms with Crippen LogP contribution in [-0.4, -0.2) is 38.4 Å². The van der Waals surface area contributed by atoms with Gasteiger partial charge in [-0.3, -0.25) is 9.59 Å². The van der Waals surface area contributed by atoms with E-state index in [2.05, 4.69) is 31.8 Å². The number of aryl methyl sites for hydroxylation is 1. The zero-order valence-corrected chi connectivity index (χ0v) is 25.6. The number of halogens is 1. The summed E-state index contributed by atoms with van der Waals surface area (Å²) >= 11 is 3.47. The molecule has 0 aliphatic heterocycles. The van der Waals surface area contributed by atoms with Crippen molar-refractivity contribution >= 4 is 39.6 Å². The van der Waals surface area contributed by atoms with Crippen LogP contribution >= 0.6 is 15.9 Å². The van der Waals surface area contributed by atoms with E-state index in [4.69, 9.17) is 18.9 Å². The molecule has 0 heterocycles. The highest BCUT2D eigenvalue weighted by Gasteiger charge is 2.15. The number of rotatable bonds is 13. The first-order valence-corrected chi connectivity index (χ1v) is 14.3. The molecule has 0 aromatic heterocycles. The predicted molar refractivity (Wildman–Crippen MR) is 169 cm³/mol. The van der Waals surface area contributed by atoms with Gasteiger partial charge in [-0.25, -0.2) is 5.43 Å². The summed E-state index contributed by atoms with van der Waals surface area (Å²) in [6, 6.07) is 25.7. The van der Waals surface area contributed by atoms with Crippen molar-refractivity contribution in [1.82, 2.24) is 5.43 Å². The summed E-state index contributed by atoms with van der Waals surface area (Å²) in [6.45, 7) is 4.38. The number of hydrogen-bond acceptors (Lipinski definition) is 7. The molecule has 0 unspecified atom stereocenters. The number of hydrogen-bond donors (Lipinski definition) is 2. The van der Waals surface area contributed by atoms with Gasteiger partial charge in [-0.2, -0.15) is 5.10 Å². The van der Waals surface area contributed by atoms with E-state index in [0.717, 1.165) is 11.1 Å². The number of amides is 2. The zero-order chi connectivity index (χ0) is 30.6. The Labute approximate surface area is 258 Å². The average Bonchev–Trinajstić information content (AvgIpc) is 3.00. The molecule has 2 amide bonds. The van der Waals surface area contributed by atoms with Gasteiger partial charge in [-0.15, -0.1) is 0 Å². The Bertz CT molecular complexity index is 1590. The molecule has 2 N–H and O–H groups in total. The van der Waals surface area contributed by atoms with Crippen molar-refractivity contribution in [1.29, 1.82) is 0 Å². The van der Waals surface area contributed by atoms with Gasteiger partial charge < -0.3 is 24.3 Å². The minimum absolute atomic E-state index is 0.216. The molecular formula is C33H32BrN3O6. The molecule has 0 saturated carbocycles. The third-order valence-corrected chi connectivity index (χ3v) is 6.61. The largest absolute Gasteiger partial charge is 0.493 e. The quantitative estimate of drug-likeness (QED) is 0.127. The number of ether oxygens (including phenoxy) is 4. The maximum absolute atomic E-state index is 12.8. The predicted octanol–water partition coefficient (Wildman–Crippen LogP) is 6.53. The zero-order valence-electron chi connectivity index (χ0n) is 24.1. The fraction of sp³-hybridized carbons (Fsp3) is 0.182. The lowest BCUT2D eigenvalue weighted by molar-refractivity contribution is -0.118. The van der Waals surface area contributed by atoms with Crippen LogP contribution in [0.1, 0.15) is 34.0 Å². The van der Waals surface area contributed by atoms with E-state index in [1.165, 1.54) is 13.3 Å². The van der Waals surface area contributed by atoms with Gasteiger partial charge in [0.2, 0.25) is 0 Å². The van der Waals surface area contributed by atoms with Crippen molar-refractivity contribution in [3.05, 3.63) is 112 Å². The van der Waals surface area contributed by atoms with Gasteiger partial charge in [-0.05, 0) is 88.9 Å². The smallest absolute Gasteiger partial charge is 0.271 e. The third kappa shape index (κ3) is 9.08. The Morgan fingerprint density at radius 1 is 0.884 bits per heavy atom. The van der Waals surface area contributed by atoms with Crippen LogP contribution in [0.15, 0.2) is 94.5 Å². The second-order valence-corrected chi connectivity index (χ2v) is 10.2. The highest BCUT2D eigenvalue weighted by molar-refractivity contribution is 9.10. The summed E-state index contributed by atoms with van der Waals surface area (Å²) in [4.78, 5) is 25.2. The third-order valence-electron chi connectivity index (χ3n) is 6.02. The van der Waals surface area contributed by atoms with Crippen LogP contribution in [0, 0.1) is 6.92 Å². The van der Waals surface area contributed by atoms with Gasteiger partial charge >= 0.3 is 0 Å². The van der Waals surface area contributed by atoms with Crippen LogP contribution < -0.4 is 29.7 Å². The molecule has 4 rings (SSSR count). The summed E-state index contributed by atoms with van der Waals surface area (Å²) in [5, 5.41) is 6.89. The molecule has 0 spiro atoms. The normalized spacial score (nSPS) is 10.7. The summed E-state index contributed by atoms with van der Waals surface area (Å²) in [7, 11) is 1.49. The number of benzene rings is 4. The topological polar surface area (TPSA) is 107 Å². The lowest BCUT2D eigenvalue weighted by atomic mass is 10.2. The Balaban J connectivity index is 1.37. The van der Waals surface area contributed by atoms with Crippen LogP contribution in [0.3, 0.4) is 0 Å². The first-order valence-electron chi connectivity index (χ1n) is 13.5. The molecule has 0 atom stereocenters. The highest BCUT2D eigenvalue weighted by atomic mass is 79.9. The standard InChI is InChI=1S/C33H32BrN3O6/c1-4-41-29-18-25(13-14-28(29)42-20-23-10-6-5-7-11-23)33(39)37-35-19-24-16-27(34)32(30(17-24)40-3)43-21-31(38)36-26-12-8-9-22(2)15-26/h5-19H,4,20-21H2,1-3H3,(H,36,38)(H,37,39)/b35-19+. The minimum atomic E-state index is -0.419. The van der Waals surface area contributed by atoms with E-state index < -0.39 is 5.91 Å². The van der Waals surface area contributed by atoms with E-state index in [1.54, 1.807) is 30.3 Å². The summed E-state index contributed by atoms with van der Waals surface area (Å²) < 4.78 is 23.4. The molecule has 4 aromatic rings. The van der Waals surface area contributed by atoms with Crippen LogP contribution in [0.25, 0.3) is 0 Å². The average molecular weight is 647 g/mol. The first kappa shape index (κ1) is 31.1. The second-order valence-electron chi connectivity index (χ2n) is 9.31. The molecule has 43 heavy (non-hydrogen) atoms. The minimum Gasteiger partial charge on any atom is -0.493 e. The molecular weight excluding hydrogens is 614 g/mol. The SMILES string of the molecule is CCOc1cc(C(=O)N/N=C/c2cc(Br)c(OCC(=O)Nc3cccc(C)c3)c(OC)c2)ccc1OCc1ccccc1.